The molecule has 0 bridgehead atoms. The van der Waals surface area contributed by atoms with Crippen LogP contribution in [0, 0.1) is 0 Å². The van der Waals surface area contributed by atoms with Gasteiger partial charge in [0, 0.05) is 39.3 Å². The zero-order valence-electron chi connectivity index (χ0n) is 9.85. The number of benzene rings is 1. The Hall–Kier alpha value is -0.910. The fourth-order valence-electron chi connectivity index (χ4n) is 2.26. The van der Waals surface area contributed by atoms with E-state index in [0.717, 1.165) is 26.2 Å². The summed E-state index contributed by atoms with van der Waals surface area (Å²) in [6, 6.07) is 8.49. The maximum atomic E-state index is 3.39. The first-order valence-electron chi connectivity index (χ1n) is 6.16. The van der Waals surface area contributed by atoms with Crippen LogP contribution in [0.5, 0.6) is 0 Å². The summed E-state index contributed by atoms with van der Waals surface area (Å²) in [5.74, 6) is 0. The van der Waals surface area contributed by atoms with Gasteiger partial charge in [-0.2, -0.15) is 0 Å². The molecule has 0 aliphatic carbocycles. The Bertz CT molecular complexity index is 379. The van der Waals surface area contributed by atoms with Gasteiger partial charge in [-0.15, -0.1) is 0 Å². The van der Waals surface area contributed by atoms with Crippen LogP contribution >= 0.6 is 12.1 Å². The van der Waals surface area contributed by atoms with Crippen molar-refractivity contribution in [3.05, 3.63) is 24.3 Å². The summed E-state index contributed by atoms with van der Waals surface area (Å²) in [5.41, 5.74) is 2.55. The van der Waals surface area contributed by atoms with Crippen LogP contribution in [0.4, 0.5) is 11.4 Å². The molecule has 5 heteroatoms. The fraction of sp³-hybridized carbons (Fsp3) is 0.500. The Morgan fingerprint density at radius 2 is 1.94 bits per heavy atom. The zero-order chi connectivity index (χ0) is 11.5. The third-order valence-corrected chi connectivity index (χ3v) is 4.18. The molecule has 1 aromatic rings. The molecule has 2 aliphatic rings. The number of hydrogen-bond donors (Lipinski definition) is 2. The second-order valence-corrected chi connectivity index (χ2v) is 5.23. The van der Waals surface area contributed by atoms with E-state index in [-0.39, 0.29) is 0 Å². The topological polar surface area (TPSA) is 30.5 Å². The minimum absolute atomic E-state index is 1.08. The first-order valence-corrected chi connectivity index (χ1v) is 6.93. The first-order chi connectivity index (χ1) is 8.43. The molecular weight excluding hydrogens is 232 g/mol. The highest BCUT2D eigenvalue weighted by Crippen LogP contribution is 2.38. The molecule has 2 N–H and O–H groups in total. The molecule has 0 atom stereocenters. The lowest BCUT2D eigenvalue weighted by Crippen LogP contribution is -2.45. The molecule has 0 spiro atoms. The van der Waals surface area contributed by atoms with Crippen molar-refractivity contribution in [2.24, 2.45) is 0 Å². The maximum Gasteiger partial charge on any atom is 0.0727 e. The van der Waals surface area contributed by atoms with Crippen LogP contribution in [0.15, 0.2) is 24.3 Å². The lowest BCUT2D eigenvalue weighted by molar-refractivity contribution is 0.248. The van der Waals surface area contributed by atoms with Gasteiger partial charge in [0.25, 0.3) is 0 Å². The Balaban J connectivity index is 1.56. The van der Waals surface area contributed by atoms with E-state index in [4.69, 9.17) is 0 Å². The van der Waals surface area contributed by atoms with Crippen molar-refractivity contribution >= 4 is 23.5 Å². The molecule has 0 saturated carbocycles. The van der Waals surface area contributed by atoms with Crippen molar-refractivity contribution in [3.63, 3.8) is 0 Å². The second kappa shape index (κ2) is 5.16. The van der Waals surface area contributed by atoms with Crippen molar-refractivity contribution in [2.45, 2.75) is 0 Å². The molecule has 92 valence electrons. The Labute approximate surface area is 107 Å². The summed E-state index contributed by atoms with van der Waals surface area (Å²) in [5, 5.41) is 3.39. The van der Waals surface area contributed by atoms with E-state index in [9.17, 15) is 0 Å². The highest BCUT2D eigenvalue weighted by molar-refractivity contribution is 8.02. The molecule has 0 unspecified atom stereocenters. The van der Waals surface area contributed by atoms with E-state index in [1.165, 1.54) is 24.5 Å². The monoisotopic (exact) mass is 250 g/mol. The van der Waals surface area contributed by atoms with E-state index in [0.29, 0.717) is 0 Å². The number of rotatable bonds is 3. The summed E-state index contributed by atoms with van der Waals surface area (Å²) in [7, 11) is 0. The van der Waals surface area contributed by atoms with Gasteiger partial charge in [0.15, 0.2) is 0 Å². The number of para-hydroxylation sites is 2. The second-order valence-electron chi connectivity index (χ2n) is 4.40. The van der Waals surface area contributed by atoms with Gasteiger partial charge in [-0.1, -0.05) is 12.1 Å². The van der Waals surface area contributed by atoms with Crippen LogP contribution in [-0.4, -0.2) is 44.2 Å². The lowest BCUT2D eigenvalue weighted by atomic mass is 10.2. The predicted molar refractivity (Wildman–Crippen MR) is 74.3 cm³/mol. The van der Waals surface area contributed by atoms with Gasteiger partial charge in [-0.3, -0.25) is 9.21 Å². The maximum absolute atomic E-state index is 3.39. The van der Waals surface area contributed by atoms with Crippen LogP contribution in [0.25, 0.3) is 0 Å². The molecule has 4 nitrogen and oxygen atoms in total. The van der Waals surface area contributed by atoms with Gasteiger partial charge in [-0.05, 0) is 12.1 Å². The molecule has 0 radical (unpaired) electrons. The van der Waals surface area contributed by atoms with E-state index in [2.05, 4.69) is 43.5 Å². The van der Waals surface area contributed by atoms with Crippen LogP contribution in [0.1, 0.15) is 0 Å². The van der Waals surface area contributed by atoms with Crippen LogP contribution in [0.2, 0.25) is 0 Å². The minimum Gasteiger partial charge on any atom is -0.314 e. The lowest BCUT2D eigenvalue weighted by Gasteiger charge is -2.28. The normalized spacial score (nSPS) is 20.1. The number of hydrogen-bond acceptors (Lipinski definition) is 5. The number of anilines is 2. The fourth-order valence-corrected chi connectivity index (χ4v) is 3.08. The molecule has 2 heterocycles. The molecule has 3 rings (SSSR count). The largest absolute Gasteiger partial charge is 0.314 e. The van der Waals surface area contributed by atoms with Crippen molar-refractivity contribution < 1.29 is 0 Å². The van der Waals surface area contributed by atoms with Crippen molar-refractivity contribution in [3.8, 4) is 0 Å². The van der Waals surface area contributed by atoms with Gasteiger partial charge < -0.3 is 10.0 Å². The molecule has 1 fully saturated rings. The number of nitrogens with zero attached hydrogens (tertiary/aromatic N) is 2. The van der Waals surface area contributed by atoms with Gasteiger partial charge in [0.2, 0.25) is 0 Å². The molecular formula is C12H18N4S. The molecule has 1 aromatic carbocycles. The Morgan fingerprint density at radius 1 is 1.12 bits per heavy atom. The highest BCUT2D eigenvalue weighted by atomic mass is 32.2. The van der Waals surface area contributed by atoms with Crippen molar-refractivity contribution in [2.75, 3.05) is 48.3 Å². The Kier molecular flexibility index (Phi) is 3.40. The third-order valence-electron chi connectivity index (χ3n) is 3.27. The summed E-state index contributed by atoms with van der Waals surface area (Å²) in [4.78, 5) is 2.53. The summed E-state index contributed by atoms with van der Waals surface area (Å²) >= 11 is 1.70. The first kappa shape index (κ1) is 11.2. The number of fused-ring (bicyclic) bond motifs is 1. The molecule has 1 saturated heterocycles. The van der Waals surface area contributed by atoms with Crippen molar-refractivity contribution in [1.29, 1.82) is 0 Å². The molecule has 2 aliphatic heterocycles. The summed E-state index contributed by atoms with van der Waals surface area (Å²) < 4.78 is 5.69. The number of nitrogens with one attached hydrogen (secondary N) is 2. The van der Waals surface area contributed by atoms with Crippen LogP contribution in [0.3, 0.4) is 0 Å². The molecule has 0 amide bonds. The van der Waals surface area contributed by atoms with Crippen molar-refractivity contribution in [1.82, 2.24) is 10.2 Å². The smallest absolute Gasteiger partial charge is 0.0727 e. The Morgan fingerprint density at radius 3 is 2.82 bits per heavy atom. The van der Waals surface area contributed by atoms with Gasteiger partial charge in [0.05, 0.1) is 23.5 Å². The predicted octanol–water partition coefficient (Wildman–Crippen LogP) is 1.39. The summed E-state index contributed by atoms with van der Waals surface area (Å²) in [6.45, 7) is 6.82. The number of piperazine rings is 1. The molecule has 0 aromatic heterocycles. The SMILES string of the molecule is c1ccc2c(c1)NSN2CCN1CCNCC1. The quantitative estimate of drug-likeness (QED) is 0.792. The van der Waals surface area contributed by atoms with Crippen LogP contribution in [-0.2, 0) is 0 Å². The summed E-state index contributed by atoms with van der Waals surface area (Å²) in [6.07, 6.45) is 0. The molecule has 17 heavy (non-hydrogen) atoms. The van der Waals surface area contributed by atoms with E-state index >= 15 is 0 Å². The van der Waals surface area contributed by atoms with E-state index in [1.54, 1.807) is 12.1 Å². The average Bonchev–Trinajstić information content (AvgIpc) is 2.81. The van der Waals surface area contributed by atoms with E-state index < -0.39 is 0 Å². The zero-order valence-corrected chi connectivity index (χ0v) is 10.7. The van der Waals surface area contributed by atoms with Gasteiger partial charge >= 0.3 is 0 Å². The van der Waals surface area contributed by atoms with E-state index in [1.807, 2.05) is 0 Å². The third kappa shape index (κ3) is 2.51. The standard InChI is InChI=1S/C12H18N4S/c1-2-4-12-11(3-1)14-17-16(12)10-9-15-7-5-13-6-8-15/h1-4,13-14H,5-10H2. The minimum atomic E-state index is 1.08. The van der Waals surface area contributed by atoms with Crippen LogP contribution < -0.4 is 14.3 Å². The van der Waals surface area contributed by atoms with Gasteiger partial charge in [-0.25, -0.2) is 0 Å². The van der Waals surface area contributed by atoms with Gasteiger partial charge in [0.1, 0.15) is 0 Å². The highest BCUT2D eigenvalue weighted by Gasteiger charge is 2.20. The average molecular weight is 250 g/mol.